The molecule has 1 N–H and O–H groups in total. The fourth-order valence-corrected chi connectivity index (χ4v) is 4.27. The molecule has 0 aromatic heterocycles. The number of carbonyl (C=O) groups is 1. The van der Waals surface area contributed by atoms with Crippen LogP contribution in [0, 0.1) is 0 Å². The second-order valence-electron chi connectivity index (χ2n) is 5.35. The second-order valence-corrected chi connectivity index (χ2v) is 7.10. The molecule has 0 aliphatic carbocycles. The Morgan fingerprint density at radius 2 is 2.10 bits per heavy atom. The van der Waals surface area contributed by atoms with Gasteiger partial charge in [-0.2, -0.15) is 12.7 Å². The molecule has 114 valence electrons. The van der Waals surface area contributed by atoms with E-state index in [9.17, 15) is 13.2 Å². The Hall–Kier alpha value is -1.44. The zero-order chi connectivity index (χ0) is 15.0. The SMILES string of the molecule is CCNS(=O)(=O)N1CC(=O)N2CCc3ccccc3C2C1. The third-order valence-corrected chi connectivity index (χ3v) is 5.70. The van der Waals surface area contributed by atoms with Crippen LogP contribution in [0.3, 0.4) is 0 Å². The van der Waals surface area contributed by atoms with E-state index in [4.69, 9.17) is 0 Å². The molecule has 6 nitrogen and oxygen atoms in total. The Morgan fingerprint density at radius 3 is 2.86 bits per heavy atom. The van der Waals surface area contributed by atoms with Crippen LogP contribution in [0.5, 0.6) is 0 Å². The highest BCUT2D eigenvalue weighted by Crippen LogP contribution is 2.33. The van der Waals surface area contributed by atoms with Crippen molar-refractivity contribution in [3.63, 3.8) is 0 Å². The molecular formula is C14H19N3O3S. The van der Waals surface area contributed by atoms with Crippen LogP contribution in [0.4, 0.5) is 0 Å². The molecule has 0 bridgehead atoms. The van der Waals surface area contributed by atoms with Gasteiger partial charge in [-0.3, -0.25) is 4.79 Å². The normalized spacial score (nSPS) is 22.8. The minimum absolute atomic E-state index is 0.0754. The van der Waals surface area contributed by atoms with E-state index in [-0.39, 0.29) is 18.5 Å². The standard InChI is InChI=1S/C14H19N3O3S/c1-2-15-21(19,20)16-9-13-12-6-4-3-5-11(12)7-8-17(13)14(18)10-16/h3-6,13,15H,2,7-10H2,1H3. The van der Waals surface area contributed by atoms with E-state index < -0.39 is 10.2 Å². The molecule has 2 aliphatic heterocycles. The van der Waals surface area contributed by atoms with E-state index in [0.717, 1.165) is 12.0 Å². The fraction of sp³-hybridized carbons (Fsp3) is 0.500. The first-order valence-electron chi connectivity index (χ1n) is 7.15. The predicted molar refractivity (Wildman–Crippen MR) is 78.8 cm³/mol. The first-order chi connectivity index (χ1) is 10.0. The maximum Gasteiger partial charge on any atom is 0.279 e. The zero-order valence-corrected chi connectivity index (χ0v) is 12.8. The summed E-state index contributed by atoms with van der Waals surface area (Å²) in [5.41, 5.74) is 2.27. The lowest BCUT2D eigenvalue weighted by Crippen LogP contribution is -2.57. The molecule has 21 heavy (non-hydrogen) atoms. The van der Waals surface area contributed by atoms with Crippen molar-refractivity contribution in [3.8, 4) is 0 Å². The van der Waals surface area contributed by atoms with Crippen LogP contribution in [0.25, 0.3) is 0 Å². The monoisotopic (exact) mass is 309 g/mol. The van der Waals surface area contributed by atoms with E-state index in [2.05, 4.69) is 10.8 Å². The summed E-state index contributed by atoms with van der Waals surface area (Å²) in [6.45, 7) is 2.95. The molecule has 3 rings (SSSR count). The van der Waals surface area contributed by atoms with Crippen molar-refractivity contribution >= 4 is 16.1 Å². The van der Waals surface area contributed by atoms with Gasteiger partial charge in [-0.1, -0.05) is 31.2 Å². The van der Waals surface area contributed by atoms with Gasteiger partial charge < -0.3 is 4.90 Å². The van der Waals surface area contributed by atoms with Gasteiger partial charge in [0.2, 0.25) is 5.91 Å². The summed E-state index contributed by atoms with van der Waals surface area (Å²) in [5.74, 6) is -0.123. The number of nitrogens with one attached hydrogen (secondary N) is 1. The lowest BCUT2D eigenvalue weighted by Gasteiger charge is -2.43. The Labute approximate surface area is 124 Å². The van der Waals surface area contributed by atoms with Crippen molar-refractivity contribution in [3.05, 3.63) is 35.4 Å². The van der Waals surface area contributed by atoms with E-state index in [0.29, 0.717) is 19.6 Å². The van der Waals surface area contributed by atoms with Crippen LogP contribution in [0.15, 0.2) is 24.3 Å². The molecule has 0 saturated carbocycles. The van der Waals surface area contributed by atoms with Crippen molar-refractivity contribution in [2.75, 3.05) is 26.2 Å². The van der Waals surface area contributed by atoms with Gasteiger partial charge in [0.25, 0.3) is 10.2 Å². The van der Waals surface area contributed by atoms with Crippen molar-refractivity contribution < 1.29 is 13.2 Å². The molecule has 1 aromatic carbocycles. The summed E-state index contributed by atoms with van der Waals surface area (Å²) in [6.07, 6.45) is 0.832. The number of carbonyl (C=O) groups excluding carboxylic acids is 1. The Balaban J connectivity index is 1.93. The van der Waals surface area contributed by atoms with Gasteiger partial charge in [0.1, 0.15) is 0 Å². The number of benzene rings is 1. The summed E-state index contributed by atoms with van der Waals surface area (Å²) in [4.78, 5) is 14.1. The molecule has 1 saturated heterocycles. The molecule has 1 amide bonds. The van der Waals surface area contributed by atoms with Crippen molar-refractivity contribution in [2.24, 2.45) is 0 Å². The zero-order valence-electron chi connectivity index (χ0n) is 11.9. The minimum atomic E-state index is -3.58. The minimum Gasteiger partial charge on any atom is -0.333 e. The summed E-state index contributed by atoms with van der Waals surface area (Å²) in [7, 11) is -3.58. The van der Waals surface area contributed by atoms with Crippen molar-refractivity contribution in [2.45, 2.75) is 19.4 Å². The molecule has 1 unspecified atom stereocenters. The molecular weight excluding hydrogens is 290 g/mol. The Bertz CT molecular complexity index is 659. The van der Waals surface area contributed by atoms with Crippen molar-refractivity contribution in [1.29, 1.82) is 0 Å². The topological polar surface area (TPSA) is 69.7 Å². The molecule has 1 fully saturated rings. The van der Waals surface area contributed by atoms with Crippen LogP contribution in [0.2, 0.25) is 0 Å². The van der Waals surface area contributed by atoms with Gasteiger partial charge in [-0.15, -0.1) is 0 Å². The van der Waals surface area contributed by atoms with Crippen LogP contribution in [0.1, 0.15) is 24.1 Å². The van der Waals surface area contributed by atoms with Crippen LogP contribution in [-0.2, 0) is 21.4 Å². The highest BCUT2D eigenvalue weighted by Gasteiger charge is 2.40. The summed E-state index contributed by atoms with van der Waals surface area (Å²) >= 11 is 0. The highest BCUT2D eigenvalue weighted by atomic mass is 32.2. The molecule has 2 heterocycles. The van der Waals surface area contributed by atoms with Gasteiger partial charge in [0.15, 0.2) is 0 Å². The quantitative estimate of drug-likeness (QED) is 0.872. The van der Waals surface area contributed by atoms with Crippen molar-refractivity contribution in [1.82, 2.24) is 13.9 Å². The molecule has 1 atom stereocenters. The molecule has 7 heteroatoms. The van der Waals surface area contributed by atoms with Crippen LogP contribution < -0.4 is 4.72 Å². The average Bonchev–Trinajstić information content (AvgIpc) is 2.47. The largest absolute Gasteiger partial charge is 0.333 e. The number of hydrogen-bond acceptors (Lipinski definition) is 3. The first-order valence-corrected chi connectivity index (χ1v) is 8.59. The van der Waals surface area contributed by atoms with Crippen LogP contribution in [-0.4, -0.2) is 49.7 Å². The van der Waals surface area contributed by atoms with Gasteiger partial charge in [0.05, 0.1) is 12.6 Å². The summed E-state index contributed by atoms with van der Waals surface area (Å²) in [6, 6.07) is 7.78. The molecule has 0 radical (unpaired) electrons. The molecule has 1 aromatic rings. The Kier molecular flexibility index (Phi) is 3.73. The number of fused-ring (bicyclic) bond motifs is 3. The summed E-state index contributed by atoms with van der Waals surface area (Å²) in [5, 5.41) is 0. The number of nitrogens with zero attached hydrogens (tertiary/aromatic N) is 2. The molecule has 0 spiro atoms. The number of amides is 1. The smallest absolute Gasteiger partial charge is 0.279 e. The number of hydrogen-bond donors (Lipinski definition) is 1. The highest BCUT2D eigenvalue weighted by molar-refractivity contribution is 7.87. The van der Waals surface area contributed by atoms with Crippen LogP contribution >= 0.6 is 0 Å². The van der Waals surface area contributed by atoms with Gasteiger partial charge in [-0.25, -0.2) is 4.72 Å². The second kappa shape index (κ2) is 5.40. The maximum absolute atomic E-state index is 12.3. The fourth-order valence-electron chi connectivity index (χ4n) is 3.10. The third-order valence-electron chi connectivity index (χ3n) is 4.09. The Morgan fingerprint density at radius 1 is 1.33 bits per heavy atom. The van der Waals surface area contributed by atoms with Gasteiger partial charge in [-0.05, 0) is 17.5 Å². The summed E-state index contributed by atoms with van der Waals surface area (Å²) < 4.78 is 28.0. The average molecular weight is 309 g/mol. The first kappa shape index (κ1) is 14.5. The van der Waals surface area contributed by atoms with E-state index >= 15 is 0 Å². The molecule has 2 aliphatic rings. The maximum atomic E-state index is 12.3. The number of rotatable bonds is 3. The van der Waals surface area contributed by atoms with Gasteiger partial charge in [0, 0.05) is 19.6 Å². The lowest BCUT2D eigenvalue weighted by molar-refractivity contribution is -0.138. The number of piperazine rings is 1. The lowest BCUT2D eigenvalue weighted by atomic mass is 9.91. The predicted octanol–water partition coefficient (Wildman–Crippen LogP) is 0.282. The van der Waals surface area contributed by atoms with E-state index in [1.54, 1.807) is 11.8 Å². The van der Waals surface area contributed by atoms with E-state index in [1.807, 2.05) is 18.2 Å². The van der Waals surface area contributed by atoms with Gasteiger partial charge >= 0.3 is 0 Å². The third kappa shape index (κ3) is 2.56. The van der Waals surface area contributed by atoms with E-state index in [1.165, 1.54) is 9.87 Å².